The molecule has 3 aliphatic rings. The van der Waals surface area contributed by atoms with E-state index in [2.05, 4.69) is 15.2 Å². The fourth-order valence-electron chi connectivity index (χ4n) is 5.18. The highest BCUT2D eigenvalue weighted by Crippen LogP contribution is 2.54. The number of para-hydroxylation sites is 1. The third kappa shape index (κ3) is 2.55. The van der Waals surface area contributed by atoms with E-state index in [0.717, 1.165) is 42.7 Å². The maximum atomic E-state index is 13.3. The first-order valence-corrected chi connectivity index (χ1v) is 10.0. The molecule has 144 valence electrons. The standard InChI is InChI=1S/C22H24N4O2/c27-19(15-25-11-3-4-12-25)26-13-9-22(20(26)16-6-5-10-23-14-16)17-7-1-2-8-18(17)24-21(22)28/h1-2,5-8,10,14,20H,3-4,9,11-13,15H2,(H,24,28). The van der Waals surface area contributed by atoms with Crippen LogP contribution in [0.4, 0.5) is 5.69 Å². The molecule has 1 aromatic heterocycles. The van der Waals surface area contributed by atoms with E-state index in [1.807, 2.05) is 41.3 Å². The first kappa shape index (κ1) is 17.4. The van der Waals surface area contributed by atoms with E-state index in [4.69, 9.17) is 0 Å². The van der Waals surface area contributed by atoms with Crippen LogP contribution in [0.25, 0.3) is 0 Å². The third-order valence-electron chi connectivity index (χ3n) is 6.46. The highest BCUT2D eigenvalue weighted by atomic mass is 16.2. The first-order valence-electron chi connectivity index (χ1n) is 10.0. The van der Waals surface area contributed by atoms with Crippen LogP contribution >= 0.6 is 0 Å². The van der Waals surface area contributed by atoms with Crippen molar-refractivity contribution in [2.24, 2.45) is 0 Å². The fourth-order valence-corrected chi connectivity index (χ4v) is 5.18. The molecule has 5 rings (SSSR count). The van der Waals surface area contributed by atoms with Gasteiger partial charge in [-0.1, -0.05) is 24.3 Å². The zero-order valence-electron chi connectivity index (χ0n) is 15.8. The number of likely N-dealkylation sites (tertiary alicyclic amines) is 2. The monoisotopic (exact) mass is 376 g/mol. The molecule has 2 atom stereocenters. The van der Waals surface area contributed by atoms with E-state index >= 15 is 0 Å². The number of nitrogens with one attached hydrogen (secondary N) is 1. The Morgan fingerprint density at radius 3 is 2.75 bits per heavy atom. The summed E-state index contributed by atoms with van der Waals surface area (Å²) in [6.07, 6.45) is 6.45. The Morgan fingerprint density at radius 1 is 1.14 bits per heavy atom. The fraction of sp³-hybridized carbons (Fsp3) is 0.409. The Hall–Kier alpha value is -2.73. The van der Waals surface area contributed by atoms with Gasteiger partial charge < -0.3 is 10.2 Å². The molecule has 1 spiro atoms. The van der Waals surface area contributed by atoms with Gasteiger partial charge in [-0.25, -0.2) is 0 Å². The summed E-state index contributed by atoms with van der Waals surface area (Å²) < 4.78 is 0. The quantitative estimate of drug-likeness (QED) is 0.893. The second-order valence-electron chi connectivity index (χ2n) is 7.98. The van der Waals surface area contributed by atoms with Crippen LogP contribution in [0.3, 0.4) is 0 Å². The van der Waals surface area contributed by atoms with Crippen molar-refractivity contribution >= 4 is 17.5 Å². The lowest BCUT2D eigenvalue weighted by atomic mass is 9.73. The second-order valence-corrected chi connectivity index (χ2v) is 7.98. The van der Waals surface area contributed by atoms with Gasteiger partial charge in [-0.2, -0.15) is 0 Å². The maximum Gasteiger partial charge on any atom is 0.237 e. The van der Waals surface area contributed by atoms with Crippen molar-refractivity contribution in [3.05, 3.63) is 59.9 Å². The van der Waals surface area contributed by atoms with Gasteiger partial charge in [-0.3, -0.25) is 19.5 Å². The van der Waals surface area contributed by atoms with E-state index in [-0.39, 0.29) is 17.9 Å². The molecule has 2 aromatic rings. The van der Waals surface area contributed by atoms with Crippen LogP contribution in [0.1, 0.15) is 36.4 Å². The van der Waals surface area contributed by atoms with E-state index in [1.54, 1.807) is 12.4 Å². The summed E-state index contributed by atoms with van der Waals surface area (Å²) in [5, 5.41) is 3.05. The van der Waals surface area contributed by atoms with Crippen molar-refractivity contribution in [2.75, 3.05) is 31.5 Å². The molecule has 6 heteroatoms. The molecule has 2 amide bonds. The van der Waals surface area contributed by atoms with Gasteiger partial charge >= 0.3 is 0 Å². The van der Waals surface area contributed by atoms with Gasteiger partial charge in [0.15, 0.2) is 0 Å². The molecular weight excluding hydrogens is 352 g/mol. The average Bonchev–Trinajstić information content (AvgIpc) is 3.43. The Labute approximate surface area is 164 Å². The summed E-state index contributed by atoms with van der Waals surface area (Å²) in [6, 6.07) is 11.4. The van der Waals surface area contributed by atoms with Gasteiger partial charge in [0.05, 0.1) is 12.6 Å². The third-order valence-corrected chi connectivity index (χ3v) is 6.46. The van der Waals surface area contributed by atoms with Gasteiger partial charge in [0.25, 0.3) is 0 Å². The predicted octanol–water partition coefficient (Wildman–Crippen LogP) is 2.34. The number of hydrogen-bond donors (Lipinski definition) is 1. The number of anilines is 1. The van der Waals surface area contributed by atoms with Gasteiger partial charge in [-0.15, -0.1) is 0 Å². The molecule has 3 aliphatic heterocycles. The molecule has 0 radical (unpaired) electrons. The van der Waals surface area contributed by atoms with Crippen molar-refractivity contribution in [3.63, 3.8) is 0 Å². The minimum Gasteiger partial charge on any atom is -0.333 e. The number of hydrogen-bond acceptors (Lipinski definition) is 4. The largest absolute Gasteiger partial charge is 0.333 e. The van der Waals surface area contributed by atoms with Gasteiger partial charge in [-0.05, 0) is 55.6 Å². The molecule has 28 heavy (non-hydrogen) atoms. The highest BCUT2D eigenvalue weighted by molar-refractivity contribution is 6.07. The van der Waals surface area contributed by atoms with Crippen molar-refractivity contribution in [2.45, 2.75) is 30.7 Å². The predicted molar refractivity (Wildman–Crippen MR) is 106 cm³/mol. The van der Waals surface area contributed by atoms with Gasteiger partial charge in [0.1, 0.15) is 5.41 Å². The number of carbonyl (C=O) groups excluding carboxylic acids is 2. The molecule has 4 heterocycles. The number of benzene rings is 1. The van der Waals surface area contributed by atoms with Crippen molar-refractivity contribution < 1.29 is 9.59 Å². The number of aromatic nitrogens is 1. The summed E-state index contributed by atoms with van der Waals surface area (Å²) in [7, 11) is 0. The lowest BCUT2D eigenvalue weighted by Gasteiger charge is -2.34. The van der Waals surface area contributed by atoms with E-state index in [1.165, 1.54) is 0 Å². The second kappa shape index (κ2) is 6.71. The number of nitrogens with zero attached hydrogens (tertiary/aromatic N) is 3. The normalized spacial score (nSPS) is 26.6. The van der Waals surface area contributed by atoms with Crippen LogP contribution in [0.15, 0.2) is 48.8 Å². The van der Waals surface area contributed by atoms with E-state index < -0.39 is 5.41 Å². The van der Waals surface area contributed by atoms with Crippen LogP contribution in [0.2, 0.25) is 0 Å². The average molecular weight is 376 g/mol. The van der Waals surface area contributed by atoms with Crippen molar-refractivity contribution in [3.8, 4) is 0 Å². The minimum atomic E-state index is -0.750. The molecule has 0 saturated carbocycles. The smallest absolute Gasteiger partial charge is 0.237 e. The van der Waals surface area contributed by atoms with Gasteiger partial charge in [0.2, 0.25) is 11.8 Å². The molecule has 6 nitrogen and oxygen atoms in total. The summed E-state index contributed by atoms with van der Waals surface area (Å²) in [5.41, 5.74) is 2.02. The number of pyridine rings is 1. The number of rotatable bonds is 3. The van der Waals surface area contributed by atoms with Crippen LogP contribution in [0, 0.1) is 0 Å². The molecule has 2 unspecified atom stereocenters. The molecule has 0 bridgehead atoms. The van der Waals surface area contributed by atoms with Crippen LogP contribution in [-0.4, -0.2) is 52.8 Å². The minimum absolute atomic E-state index is 0.0148. The number of amides is 2. The van der Waals surface area contributed by atoms with Gasteiger partial charge in [0, 0.05) is 24.6 Å². The topological polar surface area (TPSA) is 65.5 Å². The summed E-state index contributed by atoms with van der Waals surface area (Å²) in [4.78, 5) is 35.0. The van der Waals surface area contributed by atoms with Crippen molar-refractivity contribution in [1.29, 1.82) is 0 Å². The summed E-state index contributed by atoms with van der Waals surface area (Å²) in [6.45, 7) is 2.96. The molecule has 0 aliphatic carbocycles. The zero-order valence-corrected chi connectivity index (χ0v) is 15.8. The van der Waals surface area contributed by atoms with E-state index in [0.29, 0.717) is 19.5 Å². The Bertz CT molecular complexity index is 910. The van der Waals surface area contributed by atoms with Crippen LogP contribution in [-0.2, 0) is 15.0 Å². The van der Waals surface area contributed by atoms with E-state index in [9.17, 15) is 9.59 Å². The Balaban J connectivity index is 1.57. The Morgan fingerprint density at radius 2 is 1.96 bits per heavy atom. The molecule has 1 N–H and O–H groups in total. The lowest BCUT2D eigenvalue weighted by molar-refractivity contribution is -0.134. The number of fused-ring (bicyclic) bond motifs is 2. The van der Waals surface area contributed by atoms with Crippen LogP contribution in [0.5, 0.6) is 0 Å². The number of carbonyl (C=O) groups is 2. The first-order chi connectivity index (χ1) is 13.7. The zero-order chi connectivity index (χ0) is 19.1. The Kier molecular flexibility index (Phi) is 4.16. The highest BCUT2D eigenvalue weighted by Gasteiger charge is 2.59. The lowest BCUT2D eigenvalue weighted by Crippen LogP contribution is -2.45. The molecule has 2 fully saturated rings. The molecule has 2 saturated heterocycles. The van der Waals surface area contributed by atoms with Crippen LogP contribution < -0.4 is 5.32 Å². The molecular formula is C22H24N4O2. The summed E-state index contributed by atoms with van der Waals surface area (Å²) in [5.74, 6) is 0.0869. The maximum absolute atomic E-state index is 13.3. The SMILES string of the molecule is O=C(CN1CCCC1)N1CCC2(C(=O)Nc3ccccc32)C1c1cccnc1. The molecule has 1 aromatic carbocycles. The summed E-state index contributed by atoms with van der Waals surface area (Å²) >= 11 is 0. The van der Waals surface area contributed by atoms with Crippen molar-refractivity contribution in [1.82, 2.24) is 14.8 Å².